The number of phenols is 1. The summed E-state index contributed by atoms with van der Waals surface area (Å²) in [5.74, 6) is -0.129. The Morgan fingerprint density at radius 1 is 1.19 bits per heavy atom. The zero-order valence-electron chi connectivity index (χ0n) is 17.7. The number of carbonyl (C=O) groups excluding carboxylic acids is 1. The third kappa shape index (κ3) is 5.10. The van der Waals surface area contributed by atoms with Gasteiger partial charge in [0, 0.05) is 30.8 Å². The minimum absolute atomic E-state index is 0.0743. The van der Waals surface area contributed by atoms with E-state index in [1.807, 2.05) is 18.2 Å². The van der Waals surface area contributed by atoms with E-state index in [4.69, 9.17) is 11.6 Å². The second kappa shape index (κ2) is 10.1. The lowest BCUT2D eigenvalue weighted by atomic mass is 9.96. The Hall–Kier alpha value is -2.93. The van der Waals surface area contributed by atoms with Crippen molar-refractivity contribution in [2.75, 3.05) is 19.7 Å². The third-order valence-electron chi connectivity index (χ3n) is 5.88. The van der Waals surface area contributed by atoms with Crippen molar-refractivity contribution >= 4 is 34.5 Å². The molecule has 0 aromatic heterocycles. The van der Waals surface area contributed by atoms with Crippen molar-refractivity contribution in [3.05, 3.63) is 76.3 Å². The van der Waals surface area contributed by atoms with Crippen molar-refractivity contribution in [3.63, 3.8) is 0 Å². The Bertz CT molecular complexity index is 1150. The number of aliphatic hydroxyl groups is 1. The number of nitrogens with zero attached hydrogens (tertiary/aromatic N) is 2. The highest BCUT2D eigenvalue weighted by Crippen LogP contribution is 2.26. The number of benzene rings is 3. The molecule has 3 N–H and O–H groups in total. The molecule has 0 radical (unpaired) electrons. The fourth-order valence-corrected chi connectivity index (χ4v) is 4.37. The number of carbonyl (C=O) groups is 1. The van der Waals surface area contributed by atoms with E-state index in [9.17, 15) is 15.0 Å². The van der Waals surface area contributed by atoms with Crippen LogP contribution in [0.25, 0.3) is 10.8 Å². The average Bonchev–Trinajstić information content (AvgIpc) is 2.82. The molecule has 7 heteroatoms. The van der Waals surface area contributed by atoms with Gasteiger partial charge >= 0.3 is 0 Å². The molecule has 0 bridgehead atoms. The van der Waals surface area contributed by atoms with Crippen LogP contribution in [0.4, 0.5) is 0 Å². The van der Waals surface area contributed by atoms with Gasteiger partial charge in [-0.2, -0.15) is 5.10 Å². The summed E-state index contributed by atoms with van der Waals surface area (Å²) in [5, 5.41) is 25.5. The summed E-state index contributed by atoms with van der Waals surface area (Å²) >= 11 is 5.87. The number of hydrogen-bond donors (Lipinski definition) is 3. The Kier molecular flexibility index (Phi) is 7.05. The van der Waals surface area contributed by atoms with Crippen LogP contribution in [0.5, 0.6) is 5.75 Å². The SMILES string of the molecule is O=C(NN=Cc1ccc(CN2CCCC(CO)C2)c2ccccc12)c1ccc(O)c(Cl)c1. The van der Waals surface area contributed by atoms with Crippen molar-refractivity contribution in [2.24, 2.45) is 11.0 Å². The Morgan fingerprint density at radius 3 is 2.78 bits per heavy atom. The number of aliphatic hydroxyl groups excluding tert-OH is 1. The standard InChI is InChI=1S/C25H26ClN3O3/c26-23-12-18(9-10-24(23)31)25(32)28-27-13-19-7-8-20(22-6-2-1-5-21(19)22)15-29-11-3-4-17(14-29)16-30/h1-2,5-10,12-13,17,30-31H,3-4,11,14-16H2,(H,28,32). The van der Waals surface area contributed by atoms with E-state index in [1.54, 1.807) is 6.21 Å². The van der Waals surface area contributed by atoms with Crippen LogP contribution in [0.15, 0.2) is 59.7 Å². The van der Waals surface area contributed by atoms with E-state index < -0.39 is 5.91 Å². The second-order valence-electron chi connectivity index (χ2n) is 8.15. The molecule has 0 saturated carbocycles. The minimum Gasteiger partial charge on any atom is -0.506 e. The van der Waals surface area contributed by atoms with E-state index in [0.717, 1.165) is 48.8 Å². The predicted octanol–water partition coefficient (Wildman–Crippen LogP) is 4.17. The number of rotatable bonds is 6. The van der Waals surface area contributed by atoms with Crippen molar-refractivity contribution < 1.29 is 15.0 Å². The first-order valence-corrected chi connectivity index (χ1v) is 11.1. The molecule has 1 fully saturated rings. The van der Waals surface area contributed by atoms with Crippen molar-refractivity contribution in [1.29, 1.82) is 0 Å². The van der Waals surface area contributed by atoms with E-state index in [2.05, 4.69) is 33.6 Å². The van der Waals surface area contributed by atoms with Crippen LogP contribution in [0, 0.1) is 5.92 Å². The van der Waals surface area contributed by atoms with Gasteiger partial charge in [-0.15, -0.1) is 0 Å². The normalized spacial score (nSPS) is 17.1. The number of hydrogen-bond acceptors (Lipinski definition) is 5. The highest BCUT2D eigenvalue weighted by Gasteiger charge is 2.20. The lowest BCUT2D eigenvalue weighted by molar-refractivity contribution is 0.0955. The maximum atomic E-state index is 12.3. The molecule has 3 aromatic rings. The molecule has 1 saturated heterocycles. The molecule has 1 aliphatic rings. The topological polar surface area (TPSA) is 85.2 Å². The van der Waals surface area contributed by atoms with Crippen LogP contribution >= 0.6 is 11.6 Å². The summed E-state index contributed by atoms with van der Waals surface area (Å²) in [6.07, 6.45) is 3.83. The van der Waals surface area contributed by atoms with E-state index in [1.165, 1.54) is 23.8 Å². The molecule has 3 aromatic carbocycles. The van der Waals surface area contributed by atoms with Crippen LogP contribution in [-0.4, -0.2) is 46.9 Å². The quantitative estimate of drug-likeness (QED) is 0.388. The zero-order chi connectivity index (χ0) is 22.5. The van der Waals surface area contributed by atoms with Crippen LogP contribution in [0.3, 0.4) is 0 Å². The molecular weight excluding hydrogens is 426 g/mol. The predicted molar refractivity (Wildman–Crippen MR) is 127 cm³/mol. The Morgan fingerprint density at radius 2 is 2.00 bits per heavy atom. The highest BCUT2D eigenvalue weighted by molar-refractivity contribution is 6.32. The van der Waals surface area contributed by atoms with Gasteiger partial charge in [-0.25, -0.2) is 5.43 Å². The number of hydrazone groups is 1. The smallest absolute Gasteiger partial charge is 0.271 e. The monoisotopic (exact) mass is 451 g/mol. The maximum absolute atomic E-state index is 12.3. The minimum atomic E-state index is -0.410. The zero-order valence-corrected chi connectivity index (χ0v) is 18.4. The van der Waals surface area contributed by atoms with Gasteiger partial charge < -0.3 is 10.2 Å². The number of aromatic hydroxyl groups is 1. The van der Waals surface area contributed by atoms with E-state index in [-0.39, 0.29) is 17.4 Å². The summed E-state index contributed by atoms with van der Waals surface area (Å²) in [6.45, 7) is 3.05. The fourth-order valence-electron chi connectivity index (χ4n) is 4.19. The van der Waals surface area contributed by atoms with Crippen LogP contribution in [0.2, 0.25) is 5.02 Å². The lowest BCUT2D eigenvalue weighted by Gasteiger charge is -2.32. The van der Waals surface area contributed by atoms with Gasteiger partial charge in [0.15, 0.2) is 0 Å². The van der Waals surface area contributed by atoms with Crippen LogP contribution in [0.1, 0.15) is 34.3 Å². The average molecular weight is 452 g/mol. The first-order chi connectivity index (χ1) is 15.5. The van der Waals surface area contributed by atoms with E-state index >= 15 is 0 Å². The summed E-state index contributed by atoms with van der Waals surface area (Å²) in [4.78, 5) is 14.7. The number of fused-ring (bicyclic) bond motifs is 1. The number of phenolic OH excluding ortho intramolecular Hbond substituents is 1. The molecule has 0 spiro atoms. The Labute approximate surface area is 192 Å². The summed E-state index contributed by atoms with van der Waals surface area (Å²) < 4.78 is 0. The van der Waals surface area contributed by atoms with E-state index in [0.29, 0.717) is 11.5 Å². The summed E-state index contributed by atoms with van der Waals surface area (Å²) in [5.41, 5.74) is 4.96. The molecular formula is C25H26ClN3O3. The number of amides is 1. The van der Waals surface area contributed by atoms with Crippen LogP contribution in [-0.2, 0) is 6.54 Å². The molecule has 6 nitrogen and oxygen atoms in total. The number of halogens is 1. The van der Waals surface area contributed by atoms with Crippen LogP contribution < -0.4 is 5.43 Å². The summed E-state index contributed by atoms with van der Waals surface area (Å²) in [6, 6.07) is 16.5. The highest BCUT2D eigenvalue weighted by atomic mass is 35.5. The molecule has 1 heterocycles. The first kappa shape index (κ1) is 22.3. The van der Waals surface area contributed by atoms with Gasteiger partial charge in [0.2, 0.25) is 0 Å². The van der Waals surface area contributed by atoms with Gasteiger partial charge in [0.1, 0.15) is 5.75 Å². The van der Waals surface area contributed by atoms with Crippen molar-refractivity contribution in [3.8, 4) is 5.75 Å². The van der Waals surface area contributed by atoms with Gasteiger partial charge in [-0.3, -0.25) is 9.69 Å². The molecule has 166 valence electrons. The van der Waals surface area contributed by atoms with Gasteiger partial charge in [-0.05, 0) is 59.8 Å². The molecule has 1 aliphatic heterocycles. The Balaban J connectivity index is 1.50. The molecule has 1 atom stereocenters. The number of likely N-dealkylation sites (tertiary alicyclic amines) is 1. The molecule has 1 amide bonds. The molecule has 4 rings (SSSR count). The van der Waals surface area contributed by atoms with Gasteiger partial charge in [0.25, 0.3) is 5.91 Å². The van der Waals surface area contributed by atoms with Crippen molar-refractivity contribution in [1.82, 2.24) is 10.3 Å². The fraction of sp³-hybridized carbons (Fsp3) is 0.280. The van der Waals surface area contributed by atoms with Gasteiger partial charge in [0.05, 0.1) is 11.2 Å². The van der Waals surface area contributed by atoms with Gasteiger partial charge in [-0.1, -0.05) is 48.0 Å². The molecule has 32 heavy (non-hydrogen) atoms. The second-order valence-corrected chi connectivity index (χ2v) is 8.56. The van der Waals surface area contributed by atoms with Crippen molar-refractivity contribution in [2.45, 2.75) is 19.4 Å². The largest absolute Gasteiger partial charge is 0.506 e. The molecule has 1 unspecified atom stereocenters. The summed E-state index contributed by atoms with van der Waals surface area (Å²) in [7, 11) is 0. The maximum Gasteiger partial charge on any atom is 0.271 e. The molecule has 0 aliphatic carbocycles. The number of piperidine rings is 1. The lowest BCUT2D eigenvalue weighted by Crippen LogP contribution is -2.36. The first-order valence-electron chi connectivity index (χ1n) is 10.7. The third-order valence-corrected chi connectivity index (χ3v) is 6.19. The number of nitrogens with one attached hydrogen (secondary N) is 1.